The van der Waals surface area contributed by atoms with Crippen LogP contribution in [0, 0.1) is 5.92 Å². The van der Waals surface area contributed by atoms with E-state index in [0.29, 0.717) is 6.42 Å². The molecule has 1 saturated heterocycles. The number of Topliss-reactive ketones (excluding diaryl/α,β-unsaturated/α-hetero) is 2. The van der Waals surface area contributed by atoms with Crippen LogP contribution in [-0.4, -0.2) is 75.5 Å². The van der Waals surface area contributed by atoms with Gasteiger partial charge in [0.1, 0.15) is 6.04 Å². The van der Waals surface area contributed by atoms with Crippen LogP contribution in [0.1, 0.15) is 51.2 Å². The number of hydrogen-bond donors (Lipinski definition) is 4. The number of nitrogens with zero attached hydrogens (tertiary/aromatic N) is 1. The second kappa shape index (κ2) is 14.7. The van der Waals surface area contributed by atoms with Gasteiger partial charge in [-0.3, -0.25) is 24.0 Å². The molecule has 11 heteroatoms. The van der Waals surface area contributed by atoms with Gasteiger partial charge >= 0.3 is 5.97 Å². The number of amides is 3. The Morgan fingerprint density at radius 2 is 1.51 bits per heavy atom. The molecular weight excluding hydrogens is 552 g/mol. The van der Waals surface area contributed by atoms with Crippen molar-refractivity contribution in [2.75, 3.05) is 6.54 Å². The van der Waals surface area contributed by atoms with Crippen molar-refractivity contribution in [2.45, 2.75) is 76.5 Å². The molecule has 0 radical (unpaired) electrons. The summed E-state index contributed by atoms with van der Waals surface area (Å²) in [6.07, 6.45) is 0.631. The van der Waals surface area contributed by atoms with E-state index in [1.807, 2.05) is 19.1 Å². The summed E-state index contributed by atoms with van der Waals surface area (Å²) in [4.78, 5) is 79.8. The Hall–Kier alpha value is -4.38. The highest BCUT2D eigenvalue weighted by molar-refractivity contribution is 6.46. The normalized spacial score (nSPS) is 19.0. The fourth-order valence-corrected chi connectivity index (χ4v) is 5.22. The molecule has 43 heavy (non-hydrogen) atoms. The number of rotatable bonds is 14. The van der Waals surface area contributed by atoms with Crippen molar-refractivity contribution in [1.29, 1.82) is 0 Å². The van der Waals surface area contributed by atoms with Gasteiger partial charge in [-0.15, -0.1) is 0 Å². The zero-order valence-electron chi connectivity index (χ0n) is 24.7. The molecule has 230 valence electrons. The first-order chi connectivity index (χ1) is 20.4. The highest BCUT2D eigenvalue weighted by Crippen LogP contribution is 2.33. The minimum Gasteiger partial charge on any atom is -0.479 e. The predicted octanol–water partition coefficient (Wildman–Crippen LogP) is 1.42. The maximum absolute atomic E-state index is 13.6. The molecule has 1 unspecified atom stereocenters. The second-order valence-corrected chi connectivity index (χ2v) is 11.1. The van der Waals surface area contributed by atoms with E-state index in [1.165, 1.54) is 6.92 Å². The molecule has 11 nitrogen and oxygen atoms in total. The lowest BCUT2D eigenvalue weighted by molar-refractivity contribution is -0.164. The lowest BCUT2D eigenvalue weighted by Crippen LogP contribution is -2.65. The first-order valence-corrected chi connectivity index (χ1v) is 14.5. The summed E-state index contributed by atoms with van der Waals surface area (Å²) in [6, 6.07) is 14.4. The number of nitrogens with one attached hydrogen (secondary N) is 2. The Morgan fingerprint density at radius 1 is 0.930 bits per heavy atom. The van der Waals surface area contributed by atoms with E-state index in [4.69, 9.17) is 5.73 Å². The third kappa shape index (κ3) is 7.72. The van der Waals surface area contributed by atoms with E-state index in [2.05, 4.69) is 10.6 Å². The lowest BCUT2D eigenvalue weighted by Gasteiger charge is -2.36. The third-order valence-electron chi connectivity index (χ3n) is 8.04. The molecule has 0 aromatic heterocycles. The van der Waals surface area contributed by atoms with E-state index < -0.39 is 58.9 Å². The molecule has 3 rings (SSSR count). The number of benzene rings is 2. The largest absolute Gasteiger partial charge is 0.479 e. The maximum atomic E-state index is 13.6. The van der Waals surface area contributed by atoms with Crippen molar-refractivity contribution in [3.8, 4) is 0 Å². The zero-order chi connectivity index (χ0) is 31.7. The van der Waals surface area contributed by atoms with E-state index >= 15 is 0 Å². The number of carboxylic acids is 1. The van der Waals surface area contributed by atoms with E-state index in [9.17, 15) is 33.9 Å². The summed E-state index contributed by atoms with van der Waals surface area (Å²) in [6.45, 7) is 4.81. The molecule has 5 atom stereocenters. The average Bonchev–Trinajstić information content (AvgIpc) is 3.46. The molecule has 3 amide bonds. The summed E-state index contributed by atoms with van der Waals surface area (Å²) in [5.41, 5.74) is 5.17. The molecule has 2 aromatic rings. The molecule has 1 aliphatic heterocycles. The average molecular weight is 593 g/mol. The molecule has 1 heterocycles. The van der Waals surface area contributed by atoms with Crippen LogP contribution in [0.4, 0.5) is 0 Å². The van der Waals surface area contributed by atoms with Crippen LogP contribution in [-0.2, 0) is 41.6 Å². The van der Waals surface area contributed by atoms with Crippen LogP contribution in [0.5, 0.6) is 0 Å². The number of carbonyl (C=O) groups excluding carboxylic acids is 5. The fourth-order valence-electron chi connectivity index (χ4n) is 5.22. The van der Waals surface area contributed by atoms with Crippen molar-refractivity contribution in [1.82, 2.24) is 15.5 Å². The monoisotopic (exact) mass is 592 g/mol. The first kappa shape index (κ1) is 33.1. The van der Waals surface area contributed by atoms with Crippen LogP contribution in [0.25, 0.3) is 0 Å². The van der Waals surface area contributed by atoms with Crippen LogP contribution in [0.2, 0.25) is 0 Å². The number of nitrogens with two attached hydrogens (primary N) is 1. The molecular formula is C32H40N4O7. The van der Waals surface area contributed by atoms with Crippen LogP contribution in [0.3, 0.4) is 0 Å². The molecule has 0 spiro atoms. The SMILES string of the molecule is CC[C@H](C)[C@H](N)C(=O)N1CCC[C@]1(C(=O)O)C(=O)C(=O)C(C)NC(=O)[C@H](Cc1ccccc1)NC(=O)Cc1ccccc1. The summed E-state index contributed by atoms with van der Waals surface area (Å²) in [5, 5.41) is 15.4. The fraction of sp³-hybridized carbons (Fsp3) is 0.438. The summed E-state index contributed by atoms with van der Waals surface area (Å²) < 4.78 is 0. The lowest BCUT2D eigenvalue weighted by atomic mass is 9.85. The molecule has 0 aliphatic carbocycles. The Bertz CT molecular complexity index is 1330. The standard InChI is InChI=1S/C32H40N4O7/c1-4-20(2)26(33)30(41)36-17-11-16-32(36,31(42)43)28(39)27(38)21(3)34-29(40)24(18-22-12-7-5-8-13-22)35-25(37)19-23-14-9-6-10-15-23/h5-10,12-15,20-21,24,26H,4,11,16-19,33H2,1-3H3,(H,34,40)(H,35,37)(H,42,43)/t20-,21?,24-,26-,32+/m0/s1. The molecule has 5 N–H and O–H groups in total. The van der Waals surface area contributed by atoms with Crippen molar-refractivity contribution < 1.29 is 33.9 Å². The van der Waals surface area contributed by atoms with Gasteiger partial charge in [-0.05, 0) is 36.8 Å². The minimum atomic E-state index is -2.41. The second-order valence-electron chi connectivity index (χ2n) is 11.1. The predicted molar refractivity (Wildman–Crippen MR) is 159 cm³/mol. The Balaban J connectivity index is 1.79. The van der Waals surface area contributed by atoms with Crippen LogP contribution in [0.15, 0.2) is 60.7 Å². The van der Waals surface area contributed by atoms with Crippen LogP contribution < -0.4 is 16.4 Å². The third-order valence-corrected chi connectivity index (χ3v) is 8.04. The van der Waals surface area contributed by atoms with Gasteiger partial charge in [0, 0.05) is 13.0 Å². The minimum absolute atomic E-state index is 0.0240. The molecule has 2 aromatic carbocycles. The van der Waals surface area contributed by atoms with Gasteiger partial charge in [-0.1, -0.05) is 80.9 Å². The Morgan fingerprint density at radius 3 is 2.07 bits per heavy atom. The van der Waals surface area contributed by atoms with Gasteiger partial charge < -0.3 is 26.4 Å². The number of carbonyl (C=O) groups is 6. The number of carboxylic acid groups (broad SMARTS) is 1. The Labute approximate surface area is 251 Å². The van der Waals surface area contributed by atoms with Crippen molar-refractivity contribution in [3.63, 3.8) is 0 Å². The van der Waals surface area contributed by atoms with Gasteiger partial charge in [0.25, 0.3) is 0 Å². The molecule has 0 saturated carbocycles. The number of likely N-dealkylation sites (tertiary alicyclic amines) is 1. The van der Waals surface area contributed by atoms with Gasteiger partial charge in [-0.25, -0.2) is 4.79 Å². The van der Waals surface area contributed by atoms with Gasteiger partial charge in [0.15, 0.2) is 0 Å². The topological polar surface area (TPSA) is 176 Å². The quantitative estimate of drug-likeness (QED) is 0.188. The first-order valence-electron chi connectivity index (χ1n) is 14.5. The number of hydrogen-bond acceptors (Lipinski definition) is 7. The van der Waals surface area contributed by atoms with Crippen LogP contribution >= 0.6 is 0 Å². The number of ketones is 2. The van der Waals surface area contributed by atoms with E-state index in [0.717, 1.165) is 16.0 Å². The molecule has 1 fully saturated rings. The van der Waals surface area contributed by atoms with E-state index in [1.54, 1.807) is 55.5 Å². The molecule has 1 aliphatic rings. The zero-order valence-corrected chi connectivity index (χ0v) is 24.7. The summed E-state index contributed by atoms with van der Waals surface area (Å²) in [5.74, 6) is -6.22. The van der Waals surface area contributed by atoms with Crippen molar-refractivity contribution in [2.24, 2.45) is 11.7 Å². The summed E-state index contributed by atoms with van der Waals surface area (Å²) in [7, 11) is 0. The highest BCUT2D eigenvalue weighted by Gasteiger charge is 2.59. The van der Waals surface area contributed by atoms with Gasteiger partial charge in [-0.2, -0.15) is 0 Å². The van der Waals surface area contributed by atoms with Crippen molar-refractivity contribution in [3.05, 3.63) is 71.8 Å². The Kier molecular flexibility index (Phi) is 11.3. The number of aliphatic carboxylic acids is 1. The smallest absolute Gasteiger partial charge is 0.338 e. The van der Waals surface area contributed by atoms with Crippen molar-refractivity contribution >= 4 is 35.3 Å². The maximum Gasteiger partial charge on any atom is 0.338 e. The molecule has 0 bridgehead atoms. The highest BCUT2D eigenvalue weighted by atomic mass is 16.4. The van der Waals surface area contributed by atoms with Gasteiger partial charge in [0.05, 0.1) is 18.5 Å². The van der Waals surface area contributed by atoms with E-state index in [-0.39, 0.29) is 38.1 Å². The summed E-state index contributed by atoms with van der Waals surface area (Å²) >= 11 is 0. The van der Waals surface area contributed by atoms with Gasteiger partial charge in [0.2, 0.25) is 34.8 Å².